The van der Waals surface area contributed by atoms with E-state index in [1.54, 1.807) is 24.3 Å². The maximum absolute atomic E-state index is 12.2. The molecular formula is C47H80O7. The Kier molecular flexibility index (Phi) is 39.3. The fourth-order valence-electron chi connectivity index (χ4n) is 5.87. The second kappa shape index (κ2) is 41.4. The molecular weight excluding hydrogens is 677 g/mol. The predicted molar refractivity (Wildman–Crippen MR) is 226 cm³/mol. The largest absolute Gasteiger partial charge is 0.462 e. The van der Waals surface area contributed by atoms with Crippen LogP contribution in [0.4, 0.5) is 0 Å². The predicted octanol–water partition coefficient (Wildman–Crippen LogP) is 11.7. The fourth-order valence-corrected chi connectivity index (χ4v) is 5.87. The van der Waals surface area contributed by atoms with Crippen LogP contribution < -0.4 is 0 Å². The number of carbonyl (C=O) groups excluding carboxylic acids is 2. The van der Waals surface area contributed by atoms with Crippen molar-refractivity contribution in [2.75, 3.05) is 13.2 Å². The first-order valence-electron chi connectivity index (χ1n) is 21.7. The third-order valence-electron chi connectivity index (χ3n) is 9.19. The smallest absolute Gasteiger partial charge is 0.306 e. The Morgan fingerprint density at radius 2 is 1.00 bits per heavy atom. The first-order valence-corrected chi connectivity index (χ1v) is 21.7. The zero-order valence-electron chi connectivity index (χ0n) is 34.4. The molecule has 0 aromatic carbocycles. The van der Waals surface area contributed by atoms with E-state index in [2.05, 4.69) is 13.8 Å². The van der Waals surface area contributed by atoms with Crippen LogP contribution >= 0.6 is 0 Å². The van der Waals surface area contributed by atoms with Gasteiger partial charge in [0.15, 0.2) is 6.10 Å². The van der Waals surface area contributed by atoms with Gasteiger partial charge in [0.25, 0.3) is 0 Å². The molecule has 0 aromatic rings. The highest BCUT2D eigenvalue weighted by Gasteiger charge is 2.15. The molecule has 3 atom stereocenters. The standard InChI is InChI=1S/C47H80O7/c1-3-5-7-8-9-10-11-12-13-14-15-16-17-18-19-20-21-25-33-39-46(51)53-42-45(41-48)54-47(52)40-34-26-23-22-24-30-36-44(50)38-32-28-27-31-37-43(49)35-29-6-4-2/h6,23-24,26-32,37-38,43-45,48-50H,3-5,7-22,25,33-36,39-42H2,1-2H3/b26-23-,28-27-,29-6-,30-24-,37-31+,38-32+/t43-,44+,45-/m0/s1. The molecule has 7 heteroatoms. The highest BCUT2D eigenvalue weighted by molar-refractivity contribution is 5.70. The van der Waals surface area contributed by atoms with Crippen LogP contribution in [0, 0.1) is 0 Å². The molecule has 0 aliphatic heterocycles. The molecule has 0 aromatic heterocycles. The number of hydrogen-bond donors (Lipinski definition) is 3. The lowest BCUT2D eigenvalue weighted by Crippen LogP contribution is -2.28. The zero-order valence-corrected chi connectivity index (χ0v) is 34.4. The maximum Gasteiger partial charge on any atom is 0.306 e. The minimum atomic E-state index is -0.850. The highest BCUT2D eigenvalue weighted by Crippen LogP contribution is 2.15. The number of esters is 2. The molecule has 0 amide bonds. The monoisotopic (exact) mass is 757 g/mol. The van der Waals surface area contributed by atoms with E-state index in [9.17, 15) is 24.9 Å². The van der Waals surface area contributed by atoms with Crippen LogP contribution in [0.15, 0.2) is 72.9 Å². The van der Waals surface area contributed by atoms with Gasteiger partial charge >= 0.3 is 11.9 Å². The summed E-state index contributed by atoms with van der Waals surface area (Å²) in [6.07, 6.45) is 49.0. The Morgan fingerprint density at radius 1 is 0.537 bits per heavy atom. The van der Waals surface area contributed by atoms with Crippen molar-refractivity contribution < 1.29 is 34.4 Å². The fraction of sp³-hybridized carbons (Fsp3) is 0.702. The van der Waals surface area contributed by atoms with Crippen molar-refractivity contribution in [3.63, 3.8) is 0 Å². The van der Waals surface area contributed by atoms with Gasteiger partial charge < -0.3 is 24.8 Å². The van der Waals surface area contributed by atoms with Crippen molar-refractivity contribution in [3.8, 4) is 0 Å². The minimum absolute atomic E-state index is 0.128. The molecule has 7 nitrogen and oxygen atoms in total. The van der Waals surface area contributed by atoms with E-state index in [0.717, 1.165) is 25.7 Å². The molecule has 0 radical (unpaired) electrons. The van der Waals surface area contributed by atoms with Gasteiger partial charge in [-0.05, 0) is 38.5 Å². The molecule has 0 aliphatic rings. The van der Waals surface area contributed by atoms with E-state index in [0.29, 0.717) is 32.1 Å². The molecule has 0 aliphatic carbocycles. The van der Waals surface area contributed by atoms with E-state index in [1.165, 1.54) is 103 Å². The quantitative estimate of drug-likeness (QED) is 0.0249. The Labute approximate surface area is 330 Å². The van der Waals surface area contributed by atoms with Gasteiger partial charge in [0.1, 0.15) is 6.61 Å². The van der Waals surface area contributed by atoms with E-state index in [1.807, 2.05) is 48.6 Å². The van der Waals surface area contributed by atoms with Crippen molar-refractivity contribution in [1.29, 1.82) is 0 Å². The lowest BCUT2D eigenvalue weighted by Gasteiger charge is -2.15. The van der Waals surface area contributed by atoms with E-state index >= 15 is 0 Å². The van der Waals surface area contributed by atoms with Crippen molar-refractivity contribution in [1.82, 2.24) is 0 Å². The van der Waals surface area contributed by atoms with Gasteiger partial charge in [-0.2, -0.15) is 0 Å². The van der Waals surface area contributed by atoms with Gasteiger partial charge in [0, 0.05) is 12.8 Å². The molecule has 0 saturated heterocycles. The van der Waals surface area contributed by atoms with Crippen LogP contribution in [0.1, 0.15) is 181 Å². The van der Waals surface area contributed by atoms with Gasteiger partial charge in [-0.15, -0.1) is 0 Å². The maximum atomic E-state index is 12.2. The number of allylic oxidation sites excluding steroid dienone is 8. The van der Waals surface area contributed by atoms with Gasteiger partial charge in [-0.25, -0.2) is 0 Å². The van der Waals surface area contributed by atoms with E-state index in [-0.39, 0.29) is 19.0 Å². The van der Waals surface area contributed by atoms with Gasteiger partial charge in [0.2, 0.25) is 0 Å². The number of aliphatic hydroxyl groups is 3. The van der Waals surface area contributed by atoms with E-state index < -0.39 is 30.9 Å². The summed E-state index contributed by atoms with van der Waals surface area (Å²) in [5, 5.41) is 29.4. The summed E-state index contributed by atoms with van der Waals surface area (Å²) in [6.45, 7) is 3.81. The Hall–Kier alpha value is -2.74. The van der Waals surface area contributed by atoms with Crippen LogP contribution in [0.2, 0.25) is 0 Å². The average Bonchev–Trinajstić information content (AvgIpc) is 3.16. The number of unbranched alkanes of at least 4 members (excludes halogenated alkanes) is 18. The second-order valence-electron chi connectivity index (χ2n) is 14.4. The van der Waals surface area contributed by atoms with Crippen molar-refractivity contribution in [2.45, 2.75) is 199 Å². The summed E-state index contributed by atoms with van der Waals surface area (Å²) in [4.78, 5) is 24.3. The first-order chi connectivity index (χ1) is 26.4. The molecule has 0 rings (SSSR count). The van der Waals surface area contributed by atoms with Crippen LogP contribution in [0.3, 0.4) is 0 Å². The third-order valence-corrected chi connectivity index (χ3v) is 9.19. The highest BCUT2D eigenvalue weighted by atomic mass is 16.6. The number of ether oxygens (including phenoxy) is 2. The Balaban J connectivity index is 3.76. The van der Waals surface area contributed by atoms with Crippen LogP contribution in [0.25, 0.3) is 0 Å². The number of aliphatic hydroxyl groups excluding tert-OH is 3. The zero-order chi connectivity index (χ0) is 39.6. The number of rotatable bonds is 38. The summed E-state index contributed by atoms with van der Waals surface area (Å²) >= 11 is 0. The molecule has 0 bridgehead atoms. The van der Waals surface area contributed by atoms with Crippen molar-refractivity contribution in [2.24, 2.45) is 0 Å². The average molecular weight is 757 g/mol. The number of hydrogen-bond acceptors (Lipinski definition) is 7. The van der Waals surface area contributed by atoms with Crippen molar-refractivity contribution in [3.05, 3.63) is 72.9 Å². The van der Waals surface area contributed by atoms with Crippen molar-refractivity contribution >= 4 is 11.9 Å². The van der Waals surface area contributed by atoms with E-state index in [4.69, 9.17) is 9.47 Å². The van der Waals surface area contributed by atoms with Crippen LogP contribution in [-0.2, 0) is 19.1 Å². The Bertz CT molecular complexity index is 1030. The molecule has 310 valence electrons. The minimum Gasteiger partial charge on any atom is -0.462 e. The number of carbonyl (C=O) groups is 2. The summed E-state index contributed by atoms with van der Waals surface area (Å²) in [6, 6.07) is 0. The summed E-state index contributed by atoms with van der Waals surface area (Å²) < 4.78 is 10.5. The molecule has 3 N–H and O–H groups in total. The molecule has 54 heavy (non-hydrogen) atoms. The molecule has 0 unspecified atom stereocenters. The summed E-state index contributed by atoms with van der Waals surface area (Å²) in [7, 11) is 0. The molecule has 0 saturated carbocycles. The first kappa shape index (κ1) is 51.3. The topological polar surface area (TPSA) is 113 Å². The second-order valence-corrected chi connectivity index (χ2v) is 14.4. The lowest BCUT2D eigenvalue weighted by atomic mass is 10.0. The normalized spacial score (nSPS) is 14.1. The summed E-state index contributed by atoms with van der Waals surface area (Å²) in [5.41, 5.74) is 0. The molecule has 0 fully saturated rings. The molecule has 0 spiro atoms. The Morgan fingerprint density at radius 3 is 1.48 bits per heavy atom. The third kappa shape index (κ3) is 39.0. The van der Waals surface area contributed by atoms with Crippen LogP contribution in [0.5, 0.6) is 0 Å². The van der Waals surface area contributed by atoms with Gasteiger partial charge in [0.05, 0.1) is 18.8 Å². The lowest BCUT2D eigenvalue weighted by molar-refractivity contribution is -0.161. The van der Waals surface area contributed by atoms with Gasteiger partial charge in [-0.1, -0.05) is 202 Å². The van der Waals surface area contributed by atoms with Gasteiger partial charge in [-0.3, -0.25) is 9.59 Å². The molecule has 0 heterocycles. The summed E-state index contributed by atoms with van der Waals surface area (Å²) in [5.74, 6) is -0.757. The SMILES string of the molecule is CC/C=C\C[C@H](O)/C=C/C=C\C=C\[C@H](O)C/C=C\C/C=C\CCC(=O)O[C@@H](CO)COC(=O)CCCCCCCCCCCCCCCCCCCCC. The van der Waals surface area contributed by atoms with Crippen LogP contribution in [-0.4, -0.2) is 58.8 Å².